The van der Waals surface area contributed by atoms with Gasteiger partial charge in [0.05, 0.1) is 11.3 Å². The third-order valence-electron chi connectivity index (χ3n) is 2.45. The number of pyridine rings is 1. The second-order valence-electron chi connectivity index (χ2n) is 3.74. The Morgan fingerprint density at radius 1 is 1.06 bits per heavy atom. The van der Waals surface area contributed by atoms with E-state index >= 15 is 0 Å². The number of aromatic nitrogens is 1. The van der Waals surface area contributed by atoms with E-state index < -0.39 is 11.7 Å². The summed E-state index contributed by atoms with van der Waals surface area (Å²) in [4.78, 5) is 3.76. The lowest BCUT2D eigenvalue weighted by molar-refractivity contribution is -0.137. The highest BCUT2D eigenvalue weighted by molar-refractivity contribution is 5.79. The van der Waals surface area contributed by atoms with Crippen molar-refractivity contribution in [2.24, 2.45) is 0 Å². The molecule has 0 aliphatic heterocycles. The fourth-order valence-corrected chi connectivity index (χ4v) is 1.63. The number of nitrogens with zero attached hydrogens (tertiary/aromatic N) is 1. The average Bonchev–Trinajstić information content (AvgIpc) is 2.31. The second-order valence-corrected chi connectivity index (χ2v) is 3.74. The zero-order chi connectivity index (χ0) is 13.3. The Morgan fingerprint density at radius 3 is 2.44 bits per heavy atom. The van der Waals surface area contributed by atoms with Crippen molar-refractivity contribution in [2.75, 3.05) is 11.5 Å². The Balaban J connectivity index is 2.68. The Kier molecular flexibility index (Phi) is 2.86. The molecule has 0 fully saturated rings. The Labute approximate surface area is 101 Å². The van der Waals surface area contributed by atoms with Crippen LogP contribution < -0.4 is 11.5 Å². The Hall–Kier alpha value is -2.24. The molecule has 18 heavy (non-hydrogen) atoms. The molecule has 3 nitrogen and oxygen atoms in total. The van der Waals surface area contributed by atoms with Crippen molar-refractivity contribution in [3.8, 4) is 11.3 Å². The van der Waals surface area contributed by atoms with Crippen LogP contribution in [-0.4, -0.2) is 4.98 Å². The first-order valence-corrected chi connectivity index (χ1v) is 5.07. The number of hydrogen-bond acceptors (Lipinski definition) is 3. The van der Waals surface area contributed by atoms with Crippen molar-refractivity contribution in [3.63, 3.8) is 0 Å². The van der Waals surface area contributed by atoms with Crippen LogP contribution >= 0.6 is 0 Å². The molecule has 4 N–H and O–H groups in total. The monoisotopic (exact) mass is 253 g/mol. The first-order chi connectivity index (χ1) is 8.39. The van der Waals surface area contributed by atoms with E-state index in [4.69, 9.17) is 11.5 Å². The molecular formula is C12H10F3N3. The van der Waals surface area contributed by atoms with Gasteiger partial charge in [-0.2, -0.15) is 13.2 Å². The molecule has 0 bridgehead atoms. The van der Waals surface area contributed by atoms with Crippen LogP contribution in [-0.2, 0) is 6.18 Å². The molecule has 0 amide bonds. The minimum Gasteiger partial charge on any atom is -0.399 e. The maximum Gasteiger partial charge on any atom is 0.418 e. The molecule has 0 atom stereocenters. The smallest absolute Gasteiger partial charge is 0.399 e. The van der Waals surface area contributed by atoms with Gasteiger partial charge in [0.1, 0.15) is 0 Å². The van der Waals surface area contributed by atoms with Crippen LogP contribution in [0.1, 0.15) is 5.56 Å². The highest BCUT2D eigenvalue weighted by Gasteiger charge is 2.34. The van der Waals surface area contributed by atoms with Crippen LogP contribution in [0.5, 0.6) is 0 Å². The standard InChI is InChI=1S/C12H10F3N3/c13-12(14,15)9-2-1-5-18-11(9)8-6-7(16)3-4-10(8)17/h1-6H,16-17H2. The van der Waals surface area contributed by atoms with Gasteiger partial charge in [0.25, 0.3) is 0 Å². The van der Waals surface area contributed by atoms with Crippen LogP contribution in [0.15, 0.2) is 36.5 Å². The van der Waals surface area contributed by atoms with Gasteiger partial charge in [-0.25, -0.2) is 0 Å². The fraction of sp³-hybridized carbons (Fsp3) is 0.0833. The quantitative estimate of drug-likeness (QED) is 0.768. The van der Waals surface area contributed by atoms with Gasteiger partial charge in [0.2, 0.25) is 0 Å². The highest BCUT2D eigenvalue weighted by atomic mass is 19.4. The van der Waals surface area contributed by atoms with Crippen molar-refractivity contribution >= 4 is 11.4 Å². The SMILES string of the molecule is Nc1ccc(N)c(-c2ncccc2C(F)(F)F)c1. The summed E-state index contributed by atoms with van der Waals surface area (Å²) in [6.07, 6.45) is -3.20. The van der Waals surface area contributed by atoms with Gasteiger partial charge in [0, 0.05) is 23.1 Å². The minimum atomic E-state index is -4.49. The molecular weight excluding hydrogens is 243 g/mol. The molecule has 0 aliphatic rings. The predicted octanol–water partition coefficient (Wildman–Crippen LogP) is 2.93. The van der Waals surface area contributed by atoms with Gasteiger partial charge >= 0.3 is 6.18 Å². The summed E-state index contributed by atoms with van der Waals surface area (Å²) in [5, 5.41) is 0. The average molecular weight is 253 g/mol. The summed E-state index contributed by atoms with van der Waals surface area (Å²) in [5.74, 6) is 0. The highest BCUT2D eigenvalue weighted by Crippen LogP contribution is 2.37. The van der Waals surface area contributed by atoms with Crippen LogP contribution in [0.25, 0.3) is 11.3 Å². The molecule has 2 aromatic rings. The number of nitrogen functional groups attached to an aromatic ring is 2. The summed E-state index contributed by atoms with van der Waals surface area (Å²) in [6.45, 7) is 0. The molecule has 0 radical (unpaired) electrons. The molecule has 1 heterocycles. The van der Waals surface area contributed by atoms with E-state index in [-0.39, 0.29) is 16.9 Å². The molecule has 0 saturated carbocycles. The number of anilines is 2. The largest absolute Gasteiger partial charge is 0.418 e. The maximum absolute atomic E-state index is 12.9. The lowest BCUT2D eigenvalue weighted by atomic mass is 10.0. The predicted molar refractivity (Wildman–Crippen MR) is 63.5 cm³/mol. The van der Waals surface area contributed by atoms with Gasteiger partial charge in [-0.15, -0.1) is 0 Å². The van der Waals surface area contributed by atoms with E-state index in [0.29, 0.717) is 5.69 Å². The number of rotatable bonds is 1. The van der Waals surface area contributed by atoms with Gasteiger partial charge < -0.3 is 11.5 Å². The van der Waals surface area contributed by atoms with E-state index in [1.165, 1.54) is 30.5 Å². The number of benzene rings is 1. The topological polar surface area (TPSA) is 64.9 Å². The summed E-state index contributed by atoms with van der Waals surface area (Å²) >= 11 is 0. The molecule has 94 valence electrons. The van der Waals surface area contributed by atoms with Gasteiger partial charge in [-0.1, -0.05) is 0 Å². The molecule has 0 unspecified atom stereocenters. The maximum atomic E-state index is 12.9. The number of alkyl halides is 3. The summed E-state index contributed by atoms with van der Waals surface area (Å²) in [5.41, 5.74) is 10.9. The van der Waals surface area contributed by atoms with Crippen molar-refractivity contribution in [1.29, 1.82) is 0 Å². The zero-order valence-corrected chi connectivity index (χ0v) is 9.20. The molecule has 0 aliphatic carbocycles. The van der Waals surface area contributed by atoms with Crippen LogP contribution in [0.3, 0.4) is 0 Å². The van der Waals surface area contributed by atoms with Crippen molar-refractivity contribution < 1.29 is 13.2 Å². The first kappa shape index (κ1) is 12.2. The van der Waals surface area contributed by atoms with E-state index in [1.807, 2.05) is 0 Å². The van der Waals surface area contributed by atoms with Crippen LogP contribution in [0.4, 0.5) is 24.5 Å². The second kappa shape index (κ2) is 4.21. The molecule has 2 rings (SSSR count). The fourth-order valence-electron chi connectivity index (χ4n) is 1.63. The number of hydrogen-bond donors (Lipinski definition) is 2. The summed E-state index contributed by atoms with van der Waals surface area (Å²) in [6, 6.07) is 6.56. The van der Waals surface area contributed by atoms with Gasteiger partial charge in [0.15, 0.2) is 0 Å². The molecule has 0 spiro atoms. The first-order valence-electron chi connectivity index (χ1n) is 5.07. The molecule has 1 aromatic heterocycles. The number of nitrogens with two attached hydrogens (primary N) is 2. The van der Waals surface area contributed by atoms with E-state index in [0.717, 1.165) is 6.07 Å². The molecule has 0 saturated heterocycles. The van der Waals surface area contributed by atoms with Crippen LogP contribution in [0.2, 0.25) is 0 Å². The zero-order valence-electron chi connectivity index (χ0n) is 9.20. The van der Waals surface area contributed by atoms with Gasteiger partial charge in [-0.3, -0.25) is 4.98 Å². The van der Waals surface area contributed by atoms with Crippen LogP contribution in [0, 0.1) is 0 Å². The molecule has 6 heteroatoms. The minimum absolute atomic E-state index is 0.183. The van der Waals surface area contributed by atoms with E-state index in [9.17, 15) is 13.2 Å². The van der Waals surface area contributed by atoms with Crippen molar-refractivity contribution in [2.45, 2.75) is 6.18 Å². The van der Waals surface area contributed by atoms with E-state index in [1.54, 1.807) is 0 Å². The lowest BCUT2D eigenvalue weighted by Crippen LogP contribution is -2.09. The molecule has 1 aromatic carbocycles. The third kappa shape index (κ3) is 2.22. The van der Waals surface area contributed by atoms with Gasteiger partial charge in [-0.05, 0) is 30.3 Å². The normalized spacial score (nSPS) is 11.5. The van der Waals surface area contributed by atoms with E-state index in [2.05, 4.69) is 4.98 Å². The summed E-state index contributed by atoms with van der Waals surface area (Å²) in [7, 11) is 0. The Morgan fingerprint density at radius 2 is 1.78 bits per heavy atom. The van der Waals surface area contributed by atoms with Crippen molar-refractivity contribution in [3.05, 3.63) is 42.1 Å². The van der Waals surface area contributed by atoms with Crippen molar-refractivity contribution in [1.82, 2.24) is 4.98 Å². The Bertz CT molecular complexity index is 579. The summed E-state index contributed by atoms with van der Waals surface area (Å²) < 4.78 is 38.6. The third-order valence-corrected chi connectivity index (χ3v) is 2.45. The number of halogens is 3. The lowest BCUT2D eigenvalue weighted by Gasteiger charge is -2.13.